The third-order valence-corrected chi connectivity index (χ3v) is 5.08. The molecule has 0 radical (unpaired) electrons. The minimum atomic E-state index is 0.00533. The van der Waals surface area contributed by atoms with Crippen molar-refractivity contribution in [2.75, 3.05) is 26.7 Å². The molecule has 2 aromatic rings. The van der Waals surface area contributed by atoms with Crippen molar-refractivity contribution in [2.24, 2.45) is 5.92 Å². The second-order valence-corrected chi connectivity index (χ2v) is 7.10. The number of fused-ring (bicyclic) bond motifs is 1. The van der Waals surface area contributed by atoms with Crippen molar-refractivity contribution >= 4 is 17.1 Å². The topological polar surface area (TPSA) is 70.2 Å². The lowest BCUT2D eigenvalue weighted by Crippen LogP contribution is -2.47. The molecular weight excluding hydrogens is 316 g/mol. The number of imidazole rings is 1. The molecule has 1 aliphatic rings. The van der Waals surface area contributed by atoms with Crippen LogP contribution in [0.4, 0.5) is 4.79 Å². The van der Waals surface area contributed by atoms with E-state index in [-0.39, 0.29) is 12.1 Å². The lowest BCUT2D eigenvalue weighted by molar-refractivity contribution is 0.0648. The Morgan fingerprint density at radius 2 is 2.08 bits per heavy atom. The van der Waals surface area contributed by atoms with E-state index in [2.05, 4.69) is 30.2 Å². The summed E-state index contributed by atoms with van der Waals surface area (Å²) in [4.78, 5) is 22.4. The fourth-order valence-electron chi connectivity index (χ4n) is 3.41. The smallest absolute Gasteiger partial charge is 0.317 e. The lowest BCUT2D eigenvalue weighted by atomic mass is 9.96. The molecule has 2 amide bonds. The van der Waals surface area contributed by atoms with Crippen molar-refractivity contribution in [1.29, 1.82) is 0 Å². The summed E-state index contributed by atoms with van der Waals surface area (Å²) in [5.74, 6) is 1.81. The molecule has 3 rings (SSSR count). The number of methoxy groups -OCH3 is 1. The zero-order chi connectivity index (χ0) is 17.8. The highest BCUT2D eigenvalue weighted by Crippen LogP contribution is 2.27. The molecule has 0 bridgehead atoms. The van der Waals surface area contributed by atoms with Crippen molar-refractivity contribution in [1.82, 2.24) is 20.2 Å². The second-order valence-electron chi connectivity index (χ2n) is 7.10. The molecule has 0 spiro atoms. The van der Waals surface area contributed by atoms with Gasteiger partial charge in [0.15, 0.2) is 0 Å². The highest BCUT2D eigenvalue weighted by atomic mass is 16.5. The summed E-state index contributed by atoms with van der Waals surface area (Å²) in [5.41, 5.74) is 2.09. The molecule has 1 unspecified atom stereocenters. The Kier molecular flexibility index (Phi) is 5.58. The van der Waals surface area contributed by atoms with Crippen molar-refractivity contribution < 1.29 is 9.53 Å². The number of carbonyl (C=O) groups excluding carboxylic acids is 1. The number of piperidine rings is 1. The van der Waals surface area contributed by atoms with Gasteiger partial charge >= 0.3 is 6.03 Å². The van der Waals surface area contributed by atoms with Crippen LogP contribution in [0.3, 0.4) is 0 Å². The Morgan fingerprint density at radius 3 is 2.72 bits per heavy atom. The SMILES string of the molecule is COC(CNC(=O)N1CCC(c2nc3ccccc3[nH]2)CC1)C(C)C. The van der Waals surface area contributed by atoms with Crippen LogP contribution in [0.5, 0.6) is 0 Å². The minimum Gasteiger partial charge on any atom is -0.379 e. The number of aromatic nitrogens is 2. The van der Waals surface area contributed by atoms with Gasteiger partial charge in [0.1, 0.15) is 5.82 Å². The number of carbonyl (C=O) groups is 1. The highest BCUT2D eigenvalue weighted by Gasteiger charge is 2.26. The first kappa shape index (κ1) is 17.7. The molecule has 1 aromatic heterocycles. The standard InChI is InChI=1S/C19H28N4O2/c1-13(2)17(25-3)12-20-19(24)23-10-8-14(9-11-23)18-21-15-6-4-5-7-16(15)22-18/h4-7,13-14,17H,8-12H2,1-3H3,(H,20,24)(H,21,22). The number of rotatable bonds is 5. The Hall–Kier alpha value is -2.08. The van der Waals surface area contributed by atoms with Gasteiger partial charge in [-0.3, -0.25) is 0 Å². The largest absolute Gasteiger partial charge is 0.379 e. The average molecular weight is 344 g/mol. The molecule has 25 heavy (non-hydrogen) atoms. The summed E-state index contributed by atoms with van der Waals surface area (Å²) in [7, 11) is 1.69. The Morgan fingerprint density at radius 1 is 1.36 bits per heavy atom. The van der Waals surface area contributed by atoms with Gasteiger partial charge in [0.25, 0.3) is 0 Å². The van der Waals surface area contributed by atoms with Crippen LogP contribution in [0.25, 0.3) is 11.0 Å². The fourth-order valence-corrected chi connectivity index (χ4v) is 3.41. The van der Waals surface area contributed by atoms with E-state index >= 15 is 0 Å². The summed E-state index contributed by atoms with van der Waals surface area (Å²) in [6.45, 7) is 6.26. The third kappa shape index (κ3) is 4.12. The predicted octanol–water partition coefficient (Wildman–Crippen LogP) is 3.12. The molecule has 2 heterocycles. The van der Waals surface area contributed by atoms with Gasteiger partial charge in [-0.2, -0.15) is 0 Å². The normalized spacial score (nSPS) is 17.2. The molecule has 136 valence electrons. The quantitative estimate of drug-likeness (QED) is 0.875. The number of urea groups is 1. The number of hydrogen-bond acceptors (Lipinski definition) is 3. The van der Waals surface area contributed by atoms with Crippen LogP contribution in [-0.2, 0) is 4.74 Å². The van der Waals surface area contributed by atoms with Gasteiger partial charge in [0.2, 0.25) is 0 Å². The molecule has 1 fully saturated rings. The van der Waals surface area contributed by atoms with E-state index in [0.717, 1.165) is 42.8 Å². The molecule has 6 heteroatoms. The number of nitrogens with one attached hydrogen (secondary N) is 2. The van der Waals surface area contributed by atoms with Crippen molar-refractivity contribution in [3.05, 3.63) is 30.1 Å². The summed E-state index contributed by atoms with van der Waals surface area (Å²) in [5, 5.41) is 3.00. The zero-order valence-electron chi connectivity index (χ0n) is 15.3. The van der Waals surface area contributed by atoms with Crippen LogP contribution < -0.4 is 5.32 Å². The van der Waals surface area contributed by atoms with Gasteiger partial charge in [0.05, 0.1) is 17.1 Å². The molecular formula is C19H28N4O2. The predicted molar refractivity (Wildman–Crippen MR) is 98.7 cm³/mol. The van der Waals surface area contributed by atoms with Crippen molar-refractivity contribution in [2.45, 2.75) is 38.7 Å². The first-order valence-electron chi connectivity index (χ1n) is 9.08. The molecule has 0 saturated carbocycles. The van der Waals surface area contributed by atoms with E-state index in [1.165, 1.54) is 0 Å². The van der Waals surface area contributed by atoms with Crippen LogP contribution >= 0.6 is 0 Å². The van der Waals surface area contributed by atoms with E-state index in [1.54, 1.807) is 7.11 Å². The lowest BCUT2D eigenvalue weighted by Gasteiger charge is -2.32. The van der Waals surface area contributed by atoms with Crippen molar-refractivity contribution in [3.63, 3.8) is 0 Å². The van der Waals surface area contributed by atoms with E-state index in [9.17, 15) is 4.79 Å². The van der Waals surface area contributed by atoms with Gasteiger partial charge in [-0.25, -0.2) is 9.78 Å². The second kappa shape index (κ2) is 7.87. The Labute approximate surface area is 149 Å². The number of H-pyrrole nitrogens is 1. The molecule has 1 aliphatic heterocycles. The van der Waals surface area contributed by atoms with Crippen LogP contribution in [0.1, 0.15) is 38.4 Å². The number of aromatic amines is 1. The number of hydrogen-bond donors (Lipinski definition) is 2. The van der Waals surface area contributed by atoms with Gasteiger partial charge in [-0.05, 0) is 30.9 Å². The van der Waals surface area contributed by atoms with Gasteiger partial charge in [0, 0.05) is 32.7 Å². The Balaban J connectivity index is 1.52. The number of nitrogens with zero attached hydrogens (tertiary/aromatic N) is 2. The van der Waals surface area contributed by atoms with E-state index < -0.39 is 0 Å². The molecule has 1 saturated heterocycles. The summed E-state index contributed by atoms with van der Waals surface area (Å²) in [6, 6.07) is 8.10. The van der Waals surface area contributed by atoms with Gasteiger partial charge in [-0.1, -0.05) is 26.0 Å². The monoisotopic (exact) mass is 344 g/mol. The van der Waals surface area contributed by atoms with Crippen LogP contribution in [0, 0.1) is 5.92 Å². The number of para-hydroxylation sites is 2. The molecule has 0 aliphatic carbocycles. The van der Waals surface area contributed by atoms with E-state index in [4.69, 9.17) is 9.72 Å². The maximum atomic E-state index is 12.4. The van der Waals surface area contributed by atoms with Gasteiger partial charge < -0.3 is 19.9 Å². The number of likely N-dealkylation sites (tertiary alicyclic amines) is 1. The maximum absolute atomic E-state index is 12.4. The first-order chi connectivity index (χ1) is 12.1. The molecule has 2 N–H and O–H groups in total. The summed E-state index contributed by atoms with van der Waals surface area (Å²) < 4.78 is 5.41. The maximum Gasteiger partial charge on any atom is 0.317 e. The molecule has 1 atom stereocenters. The molecule has 6 nitrogen and oxygen atoms in total. The zero-order valence-corrected chi connectivity index (χ0v) is 15.3. The van der Waals surface area contributed by atoms with Gasteiger partial charge in [-0.15, -0.1) is 0 Å². The van der Waals surface area contributed by atoms with Crippen LogP contribution in [0.15, 0.2) is 24.3 Å². The summed E-state index contributed by atoms with van der Waals surface area (Å²) in [6.07, 6.45) is 1.92. The number of benzene rings is 1. The van der Waals surface area contributed by atoms with Crippen LogP contribution in [0.2, 0.25) is 0 Å². The van der Waals surface area contributed by atoms with E-state index in [0.29, 0.717) is 18.4 Å². The Bertz CT molecular complexity index is 671. The van der Waals surface area contributed by atoms with Crippen molar-refractivity contribution in [3.8, 4) is 0 Å². The number of amides is 2. The fraction of sp³-hybridized carbons (Fsp3) is 0.579. The minimum absolute atomic E-state index is 0.00533. The summed E-state index contributed by atoms with van der Waals surface area (Å²) >= 11 is 0. The van der Waals surface area contributed by atoms with Crippen LogP contribution in [-0.4, -0.2) is 53.7 Å². The first-order valence-corrected chi connectivity index (χ1v) is 9.08. The highest BCUT2D eigenvalue weighted by molar-refractivity contribution is 5.75. The third-order valence-electron chi connectivity index (χ3n) is 5.08. The average Bonchev–Trinajstić information content (AvgIpc) is 3.06. The molecule has 1 aromatic carbocycles. The number of ether oxygens (including phenoxy) is 1. The van der Waals surface area contributed by atoms with E-state index in [1.807, 2.05) is 23.1 Å².